The number of esters is 1. The molecule has 0 amide bonds. The number of ether oxygens (including phenoxy) is 1. The molecule has 3 rings (SSSR count). The number of rotatable bonds is 7. The molecular formula is C21H24N2O3S2. The number of nitrogens with zero attached hydrogens (tertiary/aromatic N) is 1. The second kappa shape index (κ2) is 8.92. The first kappa shape index (κ1) is 20.6. The normalized spacial score (nSPS) is 12.3. The summed E-state index contributed by atoms with van der Waals surface area (Å²) >= 11 is 3.07. The highest BCUT2D eigenvalue weighted by Gasteiger charge is 2.17. The minimum atomic E-state index is -0.350. The van der Waals surface area contributed by atoms with Crippen molar-refractivity contribution in [2.24, 2.45) is 5.92 Å². The Balaban J connectivity index is 1.79. The molecule has 1 aromatic carbocycles. The standard InChI is InChI=1S/C21H24N2O3S2/c1-5-12(2)10-16-13(3)28-19-17(16)18(24)22-21(23-19)27-11-14-6-8-15(9-7-14)20(25)26-4/h6-9,12H,5,10-11H2,1-4H3,(H,22,23,24)/t12-/m0/s1. The van der Waals surface area contributed by atoms with Gasteiger partial charge in [0.1, 0.15) is 4.83 Å². The van der Waals surface area contributed by atoms with Gasteiger partial charge in [-0.1, -0.05) is 44.2 Å². The Labute approximate surface area is 172 Å². The van der Waals surface area contributed by atoms with E-state index in [0.717, 1.165) is 34.2 Å². The van der Waals surface area contributed by atoms with Gasteiger partial charge in [-0.3, -0.25) is 4.79 Å². The lowest BCUT2D eigenvalue weighted by molar-refractivity contribution is 0.0600. The summed E-state index contributed by atoms with van der Waals surface area (Å²) in [5.41, 5.74) is 2.64. The first-order valence-electron chi connectivity index (χ1n) is 9.25. The molecule has 0 saturated carbocycles. The highest BCUT2D eigenvalue weighted by Crippen LogP contribution is 2.31. The van der Waals surface area contributed by atoms with Crippen LogP contribution in [0.2, 0.25) is 0 Å². The third kappa shape index (κ3) is 4.47. The zero-order valence-electron chi connectivity index (χ0n) is 16.5. The molecule has 0 bridgehead atoms. The van der Waals surface area contributed by atoms with E-state index in [1.165, 1.54) is 23.7 Å². The quantitative estimate of drug-likeness (QED) is 0.335. The SMILES string of the molecule is CC[C@H](C)Cc1c(C)sc2nc(SCc3ccc(C(=O)OC)cc3)[nH]c(=O)c12. The average Bonchev–Trinajstić information content (AvgIpc) is 3.01. The number of thioether (sulfide) groups is 1. The van der Waals surface area contributed by atoms with Crippen LogP contribution in [0.1, 0.15) is 46.6 Å². The molecule has 148 valence electrons. The summed E-state index contributed by atoms with van der Waals surface area (Å²) in [6.45, 7) is 6.45. The molecule has 2 heterocycles. The van der Waals surface area contributed by atoms with Gasteiger partial charge in [-0.05, 0) is 42.5 Å². The molecule has 0 unspecified atom stereocenters. The number of methoxy groups -OCH3 is 1. The number of benzene rings is 1. The Bertz CT molecular complexity index is 1040. The molecule has 0 spiro atoms. The van der Waals surface area contributed by atoms with E-state index in [1.54, 1.807) is 23.5 Å². The number of aromatic nitrogens is 2. The lowest BCUT2D eigenvalue weighted by Crippen LogP contribution is -2.11. The van der Waals surface area contributed by atoms with Crippen LogP contribution in [0.25, 0.3) is 10.2 Å². The highest BCUT2D eigenvalue weighted by molar-refractivity contribution is 7.98. The molecule has 1 atom stereocenters. The second-order valence-corrected chi connectivity index (χ2v) is 9.05. The van der Waals surface area contributed by atoms with Crippen molar-refractivity contribution in [3.63, 3.8) is 0 Å². The van der Waals surface area contributed by atoms with Crippen LogP contribution < -0.4 is 5.56 Å². The van der Waals surface area contributed by atoms with Gasteiger partial charge in [0.2, 0.25) is 0 Å². The van der Waals surface area contributed by atoms with Crippen LogP contribution in [-0.4, -0.2) is 23.0 Å². The molecule has 0 radical (unpaired) electrons. The molecule has 1 N–H and O–H groups in total. The van der Waals surface area contributed by atoms with Gasteiger partial charge in [0.05, 0.1) is 18.1 Å². The van der Waals surface area contributed by atoms with Crippen molar-refractivity contribution in [2.75, 3.05) is 7.11 Å². The second-order valence-electron chi connectivity index (χ2n) is 6.88. The molecule has 0 saturated heterocycles. The molecule has 3 aromatic rings. The van der Waals surface area contributed by atoms with Crippen LogP contribution in [0.15, 0.2) is 34.2 Å². The number of aryl methyl sites for hydroxylation is 1. The number of carbonyl (C=O) groups is 1. The number of thiophene rings is 1. The minimum absolute atomic E-state index is 0.0591. The summed E-state index contributed by atoms with van der Waals surface area (Å²) in [7, 11) is 1.37. The molecule has 2 aromatic heterocycles. The fourth-order valence-corrected chi connectivity index (χ4v) is 4.90. The average molecular weight is 417 g/mol. The van der Waals surface area contributed by atoms with E-state index in [1.807, 2.05) is 12.1 Å². The zero-order valence-corrected chi connectivity index (χ0v) is 18.1. The number of hydrogen-bond donors (Lipinski definition) is 1. The summed E-state index contributed by atoms with van der Waals surface area (Å²) in [5.74, 6) is 0.842. The largest absolute Gasteiger partial charge is 0.465 e. The number of nitrogens with one attached hydrogen (secondary N) is 1. The summed E-state index contributed by atoms with van der Waals surface area (Å²) in [6.07, 6.45) is 2.00. The van der Waals surface area contributed by atoms with Gasteiger partial charge in [-0.25, -0.2) is 9.78 Å². The Morgan fingerprint density at radius 1 is 1.32 bits per heavy atom. The smallest absolute Gasteiger partial charge is 0.337 e. The monoisotopic (exact) mass is 416 g/mol. The molecule has 7 heteroatoms. The van der Waals surface area contributed by atoms with Crippen molar-refractivity contribution in [2.45, 2.75) is 44.5 Å². The van der Waals surface area contributed by atoms with E-state index in [4.69, 9.17) is 4.74 Å². The van der Waals surface area contributed by atoms with E-state index in [2.05, 4.69) is 30.7 Å². The van der Waals surface area contributed by atoms with E-state index in [9.17, 15) is 9.59 Å². The first-order valence-corrected chi connectivity index (χ1v) is 11.1. The molecule has 0 aliphatic rings. The van der Waals surface area contributed by atoms with Crippen molar-refractivity contribution in [3.05, 3.63) is 56.2 Å². The van der Waals surface area contributed by atoms with Gasteiger partial charge in [0.15, 0.2) is 5.16 Å². The summed E-state index contributed by atoms with van der Waals surface area (Å²) in [4.78, 5) is 33.8. The lowest BCUT2D eigenvalue weighted by atomic mass is 9.98. The predicted octanol–water partition coefficient (Wildman–Crippen LogP) is 4.96. The van der Waals surface area contributed by atoms with Crippen molar-refractivity contribution < 1.29 is 9.53 Å². The summed E-state index contributed by atoms with van der Waals surface area (Å²) in [5, 5.41) is 1.36. The van der Waals surface area contributed by atoms with Gasteiger partial charge in [0, 0.05) is 10.6 Å². The van der Waals surface area contributed by atoms with Crippen molar-refractivity contribution in [1.82, 2.24) is 9.97 Å². The Kier molecular flexibility index (Phi) is 6.57. The van der Waals surface area contributed by atoms with Gasteiger partial charge in [-0.15, -0.1) is 11.3 Å². The van der Waals surface area contributed by atoms with E-state index in [-0.39, 0.29) is 11.5 Å². The molecule has 28 heavy (non-hydrogen) atoms. The number of H-pyrrole nitrogens is 1. The van der Waals surface area contributed by atoms with Crippen LogP contribution in [0.5, 0.6) is 0 Å². The Morgan fingerprint density at radius 2 is 2.04 bits per heavy atom. The molecule has 0 aliphatic carbocycles. The summed E-state index contributed by atoms with van der Waals surface area (Å²) < 4.78 is 4.71. The van der Waals surface area contributed by atoms with Crippen LogP contribution in [-0.2, 0) is 16.9 Å². The van der Waals surface area contributed by atoms with Gasteiger partial charge >= 0.3 is 5.97 Å². The van der Waals surface area contributed by atoms with Crippen LogP contribution in [0.3, 0.4) is 0 Å². The maximum atomic E-state index is 12.7. The van der Waals surface area contributed by atoms with Crippen LogP contribution in [0.4, 0.5) is 0 Å². The van der Waals surface area contributed by atoms with E-state index < -0.39 is 0 Å². The third-order valence-electron chi connectivity index (χ3n) is 4.84. The number of aromatic amines is 1. The maximum absolute atomic E-state index is 12.7. The van der Waals surface area contributed by atoms with Crippen molar-refractivity contribution >= 4 is 39.3 Å². The molecule has 0 aliphatic heterocycles. The maximum Gasteiger partial charge on any atom is 0.337 e. The van der Waals surface area contributed by atoms with Crippen LogP contribution >= 0.6 is 23.1 Å². The topological polar surface area (TPSA) is 72.0 Å². The molecule has 0 fully saturated rings. The van der Waals surface area contributed by atoms with Crippen molar-refractivity contribution in [3.8, 4) is 0 Å². The predicted molar refractivity (Wildman–Crippen MR) is 115 cm³/mol. The Morgan fingerprint density at radius 3 is 2.68 bits per heavy atom. The van der Waals surface area contributed by atoms with Gasteiger partial charge in [0.25, 0.3) is 5.56 Å². The lowest BCUT2D eigenvalue weighted by Gasteiger charge is -2.08. The van der Waals surface area contributed by atoms with Gasteiger partial charge in [-0.2, -0.15) is 0 Å². The number of hydrogen-bond acceptors (Lipinski definition) is 6. The minimum Gasteiger partial charge on any atom is -0.465 e. The summed E-state index contributed by atoms with van der Waals surface area (Å²) in [6, 6.07) is 7.25. The number of fused-ring (bicyclic) bond motifs is 1. The fraction of sp³-hybridized carbons (Fsp3) is 0.381. The van der Waals surface area contributed by atoms with Crippen LogP contribution in [0, 0.1) is 12.8 Å². The third-order valence-corrected chi connectivity index (χ3v) is 6.83. The fourth-order valence-electron chi connectivity index (χ4n) is 2.97. The van der Waals surface area contributed by atoms with E-state index >= 15 is 0 Å². The van der Waals surface area contributed by atoms with E-state index in [0.29, 0.717) is 22.4 Å². The van der Waals surface area contributed by atoms with Crippen molar-refractivity contribution in [1.29, 1.82) is 0 Å². The van der Waals surface area contributed by atoms with Gasteiger partial charge < -0.3 is 9.72 Å². The molecular weight excluding hydrogens is 392 g/mol. The Hall–Kier alpha value is -2.12. The molecule has 5 nitrogen and oxygen atoms in total. The number of carbonyl (C=O) groups excluding carboxylic acids is 1. The first-order chi connectivity index (χ1) is 13.4. The highest BCUT2D eigenvalue weighted by atomic mass is 32.2. The zero-order chi connectivity index (χ0) is 20.3.